The van der Waals surface area contributed by atoms with Crippen molar-refractivity contribution in [1.82, 2.24) is 9.80 Å². The monoisotopic (exact) mass is 404 g/mol. The lowest BCUT2D eigenvalue weighted by Crippen LogP contribution is -2.42. The molecule has 0 radical (unpaired) electrons. The number of ether oxygens (including phenoxy) is 1. The summed E-state index contributed by atoms with van der Waals surface area (Å²) in [7, 11) is 1.30. The third-order valence-electron chi connectivity index (χ3n) is 4.14. The molecule has 1 aliphatic heterocycles. The molecule has 0 atom stereocenters. The Balaban J connectivity index is 2.11. The van der Waals surface area contributed by atoms with Crippen LogP contribution in [-0.2, 0) is 14.3 Å². The quantitative estimate of drug-likeness (QED) is 0.489. The van der Waals surface area contributed by atoms with Gasteiger partial charge in [0.15, 0.2) is 0 Å². The number of hydrogen-bond acceptors (Lipinski definition) is 6. The molecule has 1 heterocycles. The Labute approximate surface area is 168 Å². The van der Waals surface area contributed by atoms with E-state index in [9.17, 15) is 19.2 Å². The minimum Gasteiger partial charge on any atom is -0.465 e. The Morgan fingerprint density at radius 1 is 1.11 bits per heavy atom. The number of esters is 1. The topological polar surface area (TPSA) is 84.0 Å². The molecule has 1 saturated heterocycles. The first-order chi connectivity index (χ1) is 13.4. The second-order valence-electron chi connectivity index (χ2n) is 6.26. The first-order valence-corrected chi connectivity index (χ1v) is 9.94. The summed E-state index contributed by atoms with van der Waals surface area (Å²) in [6, 6.07) is 6.49. The molecule has 1 aromatic rings. The number of nitrogens with zero attached hydrogens (tertiary/aromatic N) is 2. The molecule has 8 heteroatoms. The molecule has 0 aromatic heterocycles. The van der Waals surface area contributed by atoms with Crippen molar-refractivity contribution >= 4 is 40.9 Å². The van der Waals surface area contributed by atoms with Crippen LogP contribution in [0.15, 0.2) is 29.2 Å². The maximum absolute atomic E-state index is 12.6. The van der Waals surface area contributed by atoms with Crippen molar-refractivity contribution < 1.29 is 23.9 Å². The zero-order valence-corrected chi connectivity index (χ0v) is 17.1. The summed E-state index contributed by atoms with van der Waals surface area (Å²) >= 11 is 0.808. The van der Waals surface area contributed by atoms with Gasteiger partial charge in [-0.3, -0.25) is 19.3 Å². The van der Waals surface area contributed by atoms with Crippen LogP contribution < -0.4 is 0 Å². The number of imide groups is 1. The van der Waals surface area contributed by atoms with Crippen LogP contribution in [-0.4, -0.2) is 59.6 Å². The highest BCUT2D eigenvalue weighted by atomic mass is 32.2. The molecule has 0 bridgehead atoms. The molecule has 0 saturated carbocycles. The Morgan fingerprint density at radius 2 is 1.71 bits per heavy atom. The fourth-order valence-electron chi connectivity index (χ4n) is 2.76. The van der Waals surface area contributed by atoms with E-state index in [4.69, 9.17) is 0 Å². The van der Waals surface area contributed by atoms with E-state index < -0.39 is 17.1 Å². The van der Waals surface area contributed by atoms with Crippen molar-refractivity contribution in [2.45, 2.75) is 26.7 Å². The van der Waals surface area contributed by atoms with Gasteiger partial charge in [0.25, 0.3) is 11.1 Å². The Hall–Kier alpha value is -2.61. The number of thioether (sulfide) groups is 1. The average molecular weight is 404 g/mol. The normalized spacial score (nSPS) is 15.2. The molecule has 0 aliphatic carbocycles. The maximum Gasteiger partial charge on any atom is 0.337 e. The van der Waals surface area contributed by atoms with Crippen LogP contribution in [0, 0.1) is 0 Å². The lowest BCUT2D eigenvalue weighted by molar-refractivity contribution is -0.135. The van der Waals surface area contributed by atoms with Crippen LogP contribution in [0.3, 0.4) is 0 Å². The van der Waals surface area contributed by atoms with Crippen molar-refractivity contribution in [3.8, 4) is 0 Å². The first-order valence-electron chi connectivity index (χ1n) is 9.12. The lowest BCUT2D eigenvalue weighted by atomic mass is 10.1. The summed E-state index contributed by atoms with van der Waals surface area (Å²) in [4.78, 5) is 51.7. The summed E-state index contributed by atoms with van der Waals surface area (Å²) in [5.74, 6) is -1.16. The van der Waals surface area contributed by atoms with Gasteiger partial charge < -0.3 is 9.64 Å². The number of carbonyl (C=O) groups excluding carboxylic acids is 4. The highest BCUT2D eigenvalue weighted by Gasteiger charge is 2.37. The second-order valence-corrected chi connectivity index (χ2v) is 7.26. The largest absolute Gasteiger partial charge is 0.465 e. The van der Waals surface area contributed by atoms with Gasteiger partial charge in [0.05, 0.1) is 17.6 Å². The van der Waals surface area contributed by atoms with Crippen molar-refractivity contribution in [2.24, 2.45) is 0 Å². The van der Waals surface area contributed by atoms with Crippen molar-refractivity contribution in [2.75, 3.05) is 26.7 Å². The second kappa shape index (κ2) is 10.1. The molecule has 1 fully saturated rings. The molecule has 0 unspecified atom stereocenters. The van der Waals surface area contributed by atoms with Gasteiger partial charge in [-0.25, -0.2) is 4.79 Å². The number of methoxy groups -OCH3 is 1. The van der Waals surface area contributed by atoms with Gasteiger partial charge in [-0.1, -0.05) is 26.0 Å². The van der Waals surface area contributed by atoms with E-state index in [1.165, 1.54) is 7.11 Å². The van der Waals surface area contributed by atoms with Gasteiger partial charge in [0, 0.05) is 13.1 Å². The summed E-state index contributed by atoms with van der Waals surface area (Å²) in [5, 5.41) is -0.455. The Kier molecular flexibility index (Phi) is 7.80. The summed E-state index contributed by atoms with van der Waals surface area (Å²) in [6.45, 7) is 4.91. The third kappa shape index (κ3) is 5.22. The molecule has 0 spiro atoms. The van der Waals surface area contributed by atoms with Crippen LogP contribution >= 0.6 is 11.8 Å². The van der Waals surface area contributed by atoms with E-state index in [-0.39, 0.29) is 17.4 Å². The molecule has 1 aliphatic rings. The molecule has 28 heavy (non-hydrogen) atoms. The summed E-state index contributed by atoms with van der Waals surface area (Å²) < 4.78 is 4.65. The molecular formula is C20H24N2O5S. The van der Waals surface area contributed by atoms with Gasteiger partial charge in [0.2, 0.25) is 5.91 Å². The van der Waals surface area contributed by atoms with Gasteiger partial charge in [-0.05, 0) is 48.4 Å². The zero-order valence-electron chi connectivity index (χ0n) is 16.3. The van der Waals surface area contributed by atoms with Crippen LogP contribution in [0.4, 0.5) is 4.79 Å². The van der Waals surface area contributed by atoms with Gasteiger partial charge in [-0.15, -0.1) is 0 Å². The smallest absolute Gasteiger partial charge is 0.337 e. The van der Waals surface area contributed by atoms with E-state index in [1.54, 1.807) is 35.2 Å². The minimum atomic E-state index is -0.478. The number of carbonyl (C=O) groups is 4. The molecule has 150 valence electrons. The van der Waals surface area contributed by atoms with E-state index in [0.717, 1.165) is 29.5 Å². The van der Waals surface area contributed by atoms with Crippen molar-refractivity contribution in [1.29, 1.82) is 0 Å². The molecule has 0 N–H and O–H groups in total. The lowest BCUT2D eigenvalue weighted by Gasteiger charge is -2.23. The van der Waals surface area contributed by atoms with Crippen LogP contribution in [0.25, 0.3) is 6.08 Å². The number of hydrogen-bond donors (Lipinski definition) is 0. The fourth-order valence-corrected chi connectivity index (χ4v) is 3.60. The number of amides is 3. The van der Waals surface area contributed by atoms with Gasteiger partial charge >= 0.3 is 5.97 Å². The Bertz CT molecular complexity index is 782. The first kappa shape index (κ1) is 21.7. The predicted molar refractivity (Wildman–Crippen MR) is 108 cm³/mol. The molecule has 1 aromatic carbocycles. The SMILES string of the molecule is CCCN(CCC)C(=O)CN1C(=O)S/C(=C\c2ccc(C(=O)OC)cc2)C1=O. The highest BCUT2D eigenvalue weighted by molar-refractivity contribution is 8.18. The molecular weight excluding hydrogens is 380 g/mol. The highest BCUT2D eigenvalue weighted by Crippen LogP contribution is 2.32. The fraction of sp³-hybridized carbons (Fsp3) is 0.400. The van der Waals surface area contributed by atoms with E-state index in [0.29, 0.717) is 24.2 Å². The van der Waals surface area contributed by atoms with Crippen molar-refractivity contribution in [3.05, 3.63) is 40.3 Å². The average Bonchev–Trinajstić information content (AvgIpc) is 2.95. The maximum atomic E-state index is 12.6. The molecule has 3 amide bonds. The van der Waals surface area contributed by atoms with E-state index in [2.05, 4.69) is 4.74 Å². The van der Waals surface area contributed by atoms with Gasteiger partial charge in [0.1, 0.15) is 6.54 Å². The van der Waals surface area contributed by atoms with Crippen LogP contribution in [0.2, 0.25) is 0 Å². The Morgan fingerprint density at radius 3 is 2.25 bits per heavy atom. The number of benzene rings is 1. The standard InChI is InChI=1S/C20H24N2O5S/c1-4-10-21(11-5-2)17(23)13-22-18(24)16(28-20(22)26)12-14-6-8-15(9-7-14)19(25)27-3/h6-9,12H,4-5,10-11,13H2,1-3H3/b16-12-. The summed E-state index contributed by atoms with van der Waals surface area (Å²) in [6.07, 6.45) is 3.20. The molecule has 2 rings (SSSR count). The predicted octanol–water partition coefficient (Wildman–Crippen LogP) is 3.16. The van der Waals surface area contributed by atoms with Crippen LogP contribution in [0.1, 0.15) is 42.6 Å². The van der Waals surface area contributed by atoms with E-state index in [1.807, 2.05) is 13.8 Å². The zero-order chi connectivity index (χ0) is 20.7. The number of rotatable bonds is 8. The minimum absolute atomic E-state index is 0.227. The molecule has 7 nitrogen and oxygen atoms in total. The van der Waals surface area contributed by atoms with E-state index >= 15 is 0 Å². The summed E-state index contributed by atoms with van der Waals surface area (Å²) in [5.41, 5.74) is 1.06. The van der Waals surface area contributed by atoms with Crippen molar-refractivity contribution in [3.63, 3.8) is 0 Å². The van der Waals surface area contributed by atoms with Crippen LogP contribution in [0.5, 0.6) is 0 Å². The third-order valence-corrected chi connectivity index (χ3v) is 5.04. The van der Waals surface area contributed by atoms with Gasteiger partial charge in [-0.2, -0.15) is 0 Å².